The smallest absolute Gasteiger partial charge is 0.360 e. The summed E-state index contributed by atoms with van der Waals surface area (Å²) in [5.74, 6) is -1.57. The molecule has 0 bridgehead atoms. The molecule has 9 nitrogen and oxygen atoms in total. The van der Waals surface area contributed by atoms with Gasteiger partial charge in [0.2, 0.25) is 0 Å². The van der Waals surface area contributed by atoms with Crippen LogP contribution in [0.3, 0.4) is 0 Å². The van der Waals surface area contributed by atoms with Crippen LogP contribution in [-0.4, -0.2) is 39.9 Å². The van der Waals surface area contributed by atoms with Gasteiger partial charge in [-0.3, -0.25) is 20.4 Å². The minimum atomic E-state index is -0.646. The summed E-state index contributed by atoms with van der Waals surface area (Å²) in [7, 11) is 1.22. The van der Waals surface area contributed by atoms with E-state index in [4.69, 9.17) is 0 Å². The summed E-state index contributed by atoms with van der Waals surface area (Å²) in [5.41, 5.74) is 4.49. The van der Waals surface area contributed by atoms with Crippen molar-refractivity contribution in [2.24, 2.45) is 0 Å². The average molecular weight is 309 g/mol. The molecule has 110 valence electrons. The standard InChI is InChI=1S/C11H11N5O4S/c1-20-11(19)7-5-16(15-12-7)6-9(17)13-14-10(18)8-3-2-4-21-8/h2-5H,6H2,1H3,(H,13,17)(H,14,18). The van der Waals surface area contributed by atoms with Crippen LogP contribution < -0.4 is 10.9 Å². The molecule has 0 aliphatic carbocycles. The van der Waals surface area contributed by atoms with Gasteiger partial charge in [0.15, 0.2) is 5.69 Å². The second kappa shape index (κ2) is 6.61. The Morgan fingerprint density at radius 2 is 2.19 bits per heavy atom. The van der Waals surface area contributed by atoms with Gasteiger partial charge < -0.3 is 4.74 Å². The number of thiophene rings is 1. The molecule has 2 rings (SSSR count). The van der Waals surface area contributed by atoms with E-state index in [2.05, 4.69) is 25.9 Å². The van der Waals surface area contributed by atoms with Crippen LogP contribution in [0.15, 0.2) is 23.7 Å². The van der Waals surface area contributed by atoms with E-state index in [0.717, 1.165) is 4.68 Å². The van der Waals surface area contributed by atoms with Crippen LogP contribution in [0.2, 0.25) is 0 Å². The van der Waals surface area contributed by atoms with Crippen LogP contribution in [0.4, 0.5) is 0 Å². The van der Waals surface area contributed by atoms with Crippen molar-refractivity contribution in [1.29, 1.82) is 0 Å². The van der Waals surface area contributed by atoms with Crippen molar-refractivity contribution in [1.82, 2.24) is 25.8 Å². The van der Waals surface area contributed by atoms with Crippen molar-refractivity contribution in [2.75, 3.05) is 7.11 Å². The van der Waals surface area contributed by atoms with E-state index in [9.17, 15) is 14.4 Å². The second-order valence-electron chi connectivity index (χ2n) is 3.77. The fourth-order valence-corrected chi connectivity index (χ4v) is 1.98. The summed E-state index contributed by atoms with van der Waals surface area (Å²) in [5, 5.41) is 8.90. The SMILES string of the molecule is COC(=O)c1cn(CC(=O)NNC(=O)c2cccs2)nn1. The monoisotopic (exact) mass is 309 g/mol. The average Bonchev–Trinajstić information content (AvgIpc) is 3.15. The number of carbonyl (C=O) groups is 3. The van der Waals surface area contributed by atoms with Crippen molar-refractivity contribution >= 4 is 29.1 Å². The lowest BCUT2D eigenvalue weighted by molar-refractivity contribution is -0.122. The molecule has 0 atom stereocenters. The van der Waals surface area contributed by atoms with Gasteiger partial charge in [0.25, 0.3) is 11.8 Å². The first-order valence-corrected chi connectivity index (χ1v) is 6.59. The Kier molecular flexibility index (Phi) is 4.61. The lowest BCUT2D eigenvalue weighted by Gasteiger charge is -2.05. The van der Waals surface area contributed by atoms with E-state index in [0.29, 0.717) is 4.88 Å². The zero-order chi connectivity index (χ0) is 15.2. The largest absolute Gasteiger partial charge is 0.464 e. The van der Waals surface area contributed by atoms with Gasteiger partial charge in [0, 0.05) is 0 Å². The van der Waals surface area contributed by atoms with E-state index in [1.165, 1.54) is 24.6 Å². The number of rotatable bonds is 4. The van der Waals surface area contributed by atoms with Crippen molar-refractivity contribution in [3.63, 3.8) is 0 Å². The second-order valence-corrected chi connectivity index (χ2v) is 4.72. The van der Waals surface area contributed by atoms with Crippen molar-refractivity contribution in [3.8, 4) is 0 Å². The zero-order valence-electron chi connectivity index (χ0n) is 10.9. The number of ether oxygens (including phenoxy) is 1. The van der Waals surface area contributed by atoms with Gasteiger partial charge in [-0.2, -0.15) is 0 Å². The molecule has 0 aliphatic rings. The third-order valence-electron chi connectivity index (χ3n) is 2.30. The van der Waals surface area contributed by atoms with Gasteiger partial charge >= 0.3 is 5.97 Å². The molecular weight excluding hydrogens is 298 g/mol. The summed E-state index contributed by atoms with van der Waals surface area (Å²) in [4.78, 5) is 34.8. The molecule has 2 N–H and O–H groups in total. The molecule has 0 aromatic carbocycles. The fraction of sp³-hybridized carbons (Fsp3) is 0.182. The first kappa shape index (κ1) is 14.7. The number of carbonyl (C=O) groups excluding carboxylic acids is 3. The Morgan fingerprint density at radius 3 is 2.86 bits per heavy atom. The summed E-state index contributed by atoms with van der Waals surface area (Å²) in [6, 6.07) is 3.36. The predicted octanol–water partition coefficient (Wildman–Crippen LogP) is -0.413. The molecule has 0 fully saturated rings. The number of aromatic nitrogens is 3. The maximum Gasteiger partial charge on any atom is 0.360 e. The summed E-state index contributed by atoms with van der Waals surface area (Å²) >= 11 is 1.25. The summed E-state index contributed by atoms with van der Waals surface area (Å²) in [6.07, 6.45) is 1.27. The summed E-state index contributed by atoms with van der Waals surface area (Å²) < 4.78 is 5.62. The van der Waals surface area contributed by atoms with Gasteiger partial charge in [-0.25, -0.2) is 9.48 Å². The highest BCUT2D eigenvalue weighted by Gasteiger charge is 2.13. The minimum Gasteiger partial charge on any atom is -0.464 e. The van der Waals surface area contributed by atoms with Crippen molar-refractivity contribution < 1.29 is 19.1 Å². The molecule has 0 unspecified atom stereocenters. The molecule has 2 aromatic rings. The van der Waals surface area contributed by atoms with Gasteiger partial charge in [0.1, 0.15) is 6.54 Å². The molecule has 0 spiro atoms. The molecule has 0 aliphatic heterocycles. The number of nitrogens with one attached hydrogen (secondary N) is 2. The molecule has 0 radical (unpaired) electrons. The number of methoxy groups -OCH3 is 1. The Bertz CT molecular complexity index is 651. The number of hydrogen-bond acceptors (Lipinski definition) is 7. The fourth-order valence-electron chi connectivity index (χ4n) is 1.36. The van der Waals surface area contributed by atoms with Gasteiger partial charge in [-0.05, 0) is 11.4 Å². The molecule has 2 heterocycles. The Hall–Kier alpha value is -2.75. The number of hydrazine groups is 1. The zero-order valence-corrected chi connectivity index (χ0v) is 11.7. The quantitative estimate of drug-likeness (QED) is 0.586. The lowest BCUT2D eigenvalue weighted by Crippen LogP contribution is -2.43. The van der Waals surface area contributed by atoms with Gasteiger partial charge in [0.05, 0.1) is 18.2 Å². The molecule has 10 heteroatoms. The predicted molar refractivity (Wildman–Crippen MR) is 71.3 cm³/mol. The first-order valence-electron chi connectivity index (χ1n) is 5.71. The summed E-state index contributed by atoms with van der Waals surface area (Å²) in [6.45, 7) is -0.200. The Balaban J connectivity index is 1.83. The van der Waals surface area contributed by atoms with Gasteiger partial charge in [-0.1, -0.05) is 11.3 Å². The van der Waals surface area contributed by atoms with Crippen LogP contribution >= 0.6 is 11.3 Å². The van der Waals surface area contributed by atoms with Crippen LogP contribution in [0.25, 0.3) is 0 Å². The molecule has 0 saturated heterocycles. The number of hydrogen-bond donors (Lipinski definition) is 2. The van der Waals surface area contributed by atoms with Crippen LogP contribution in [-0.2, 0) is 16.1 Å². The minimum absolute atomic E-state index is 0.00655. The van der Waals surface area contributed by atoms with Crippen molar-refractivity contribution in [3.05, 3.63) is 34.3 Å². The molecule has 2 amide bonds. The first-order chi connectivity index (χ1) is 10.1. The highest BCUT2D eigenvalue weighted by atomic mass is 32.1. The number of amides is 2. The third kappa shape index (κ3) is 3.86. The molecular formula is C11H11N5O4S. The Labute approximate surface area is 122 Å². The van der Waals surface area contributed by atoms with E-state index in [1.807, 2.05) is 0 Å². The van der Waals surface area contributed by atoms with Crippen LogP contribution in [0.5, 0.6) is 0 Å². The highest BCUT2D eigenvalue weighted by Crippen LogP contribution is 2.06. The van der Waals surface area contributed by atoms with E-state index >= 15 is 0 Å². The van der Waals surface area contributed by atoms with E-state index in [-0.39, 0.29) is 12.2 Å². The number of esters is 1. The Morgan fingerprint density at radius 1 is 1.38 bits per heavy atom. The molecule has 0 saturated carbocycles. The molecule has 21 heavy (non-hydrogen) atoms. The van der Waals surface area contributed by atoms with Crippen molar-refractivity contribution in [2.45, 2.75) is 6.54 Å². The maximum absolute atomic E-state index is 11.6. The van der Waals surface area contributed by atoms with Crippen LogP contribution in [0.1, 0.15) is 20.2 Å². The highest BCUT2D eigenvalue weighted by molar-refractivity contribution is 7.12. The lowest BCUT2D eigenvalue weighted by atomic mass is 10.4. The van der Waals surface area contributed by atoms with E-state index < -0.39 is 17.8 Å². The maximum atomic E-state index is 11.6. The third-order valence-corrected chi connectivity index (χ3v) is 3.17. The van der Waals surface area contributed by atoms with Crippen LogP contribution in [0, 0.1) is 0 Å². The topological polar surface area (TPSA) is 115 Å². The molecule has 2 aromatic heterocycles. The van der Waals surface area contributed by atoms with Gasteiger partial charge in [-0.15, -0.1) is 16.4 Å². The van der Waals surface area contributed by atoms with E-state index in [1.54, 1.807) is 17.5 Å². The normalized spacial score (nSPS) is 9.95. The number of nitrogens with zero attached hydrogens (tertiary/aromatic N) is 3.